The van der Waals surface area contributed by atoms with Crippen LogP contribution in [0.5, 0.6) is 0 Å². The van der Waals surface area contributed by atoms with Crippen LogP contribution >= 0.6 is 0 Å². The van der Waals surface area contributed by atoms with Crippen LogP contribution in [-0.2, 0) is 15.6 Å². The Hall–Kier alpha value is -1.16. The lowest BCUT2D eigenvalue weighted by atomic mass is 10.2. The van der Waals surface area contributed by atoms with Crippen molar-refractivity contribution >= 4 is 22.4 Å². The molecule has 1 heterocycles. The Bertz CT molecular complexity index is 386. The third kappa shape index (κ3) is 1.70. The van der Waals surface area contributed by atoms with Crippen LogP contribution < -0.4 is 4.90 Å². The Kier molecular flexibility index (Phi) is 2.37. The van der Waals surface area contributed by atoms with E-state index in [1.54, 1.807) is 4.90 Å². The molecule has 14 heavy (non-hydrogen) atoms. The Labute approximate surface area is 85.2 Å². The maximum absolute atomic E-state index is 11.4. The fraction of sp³-hybridized carbons (Fsp3) is 0.300. The van der Waals surface area contributed by atoms with Crippen LogP contribution in [0.25, 0.3) is 0 Å². The summed E-state index contributed by atoms with van der Waals surface area (Å²) >= 11 is 0. The van der Waals surface area contributed by atoms with Crippen molar-refractivity contribution < 1.29 is 9.00 Å². The minimum absolute atomic E-state index is 0.0489. The van der Waals surface area contributed by atoms with Crippen molar-refractivity contribution in [2.24, 2.45) is 0 Å². The number of anilines is 1. The maximum Gasteiger partial charge on any atom is 0.240 e. The average molecular weight is 209 g/mol. The number of nitrogens with zero attached hydrogens (tertiary/aromatic N) is 1. The van der Waals surface area contributed by atoms with Gasteiger partial charge in [0, 0.05) is 5.69 Å². The summed E-state index contributed by atoms with van der Waals surface area (Å²) in [6.45, 7) is 1.99. The molecule has 1 aromatic carbocycles. The van der Waals surface area contributed by atoms with Crippen molar-refractivity contribution in [1.82, 2.24) is 0 Å². The molecule has 2 rings (SSSR count). The van der Waals surface area contributed by atoms with Crippen molar-refractivity contribution in [3.05, 3.63) is 29.8 Å². The first kappa shape index (κ1) is 9.40. The highest BCUT2D eigenvalue weighted by atomic mass is 32.2. The first-order valence-corrected chi connectivity index (χ1v) is 5.87. The maximum atomic E-state index is 11.4. The number of benzene rings is 1. The summed E-state index contributed by atoms with van der Waals surface area (Å²) < 4.78 is 11.2. The van der Waals surface area contributed by atoms with E-state index in [0.29, 0.717) is 5.88 Å². The van der Waals surface area contributed by atoms with Crippen LogP contribution in [-0.4, -0.2) is 21.7 Å². The summed E-state index contributed by atoms with van der Waals surface area (Å²) in [6, 6.07) is 7.67. The summed E-state index contributed by atoms with van der Waals surface area (Å²) in [6.07, 6.45) is 0. The fourth-order valence-corrected chi connectivity index (χ4v) is 2.52. The highest BCUT2D eigenvalue weighted by molar-refractivity contribution is 7.86. The molecule has 1 amide bonds. The standard InChI is InChI=1S/C10H11NO2S/c1-8-2-4-9(5-3-8)11-7-14(13)6-10(11)12/h2-5H,6-7H2,1H3/t14-/m1/s1. The molecule has 0 spiro atoms. The first-order valence-electron chi connectivity index (χ1n) is 4.39. The third-order valence-corrected chi connectivity index (χ3v) is 3.32. The van der Waals surface area contributed by atoms with E-state index in [0.717, 1.165) is 11.3 Å². The van der Waals surface area contributed by atoms with Crippen LogP contribution in [0.4, 0.5) is 5.69 Å². The Morgan fingerprint density at radius 1 is 1.29 bits per heavy atom. The number of carbonyl (C=O) groups excluding carboxylic acids is 1. The number of carbonyl (C=O) groups is 1. The Morgan fingerprint density at radius 3 is 2.43 bits per heavy atom. The molecule has 4 heteroatoms. The zero-order chi connectivity index (χ0) is 10.1. The van der Waals surface area contributed by atoms with Crippen molar-refractivity contribution in [2.75, 3.05) is 16.5 Å². The van der Waals surface area contributed by atoms with Crippen molar-refractivity contribution in [1.29, 1.82) is 0 Å². The van der Waals surface area contributed by atoms with Gasteiger partial charge in [0.2, 0.25) is 5.91 Å². The fourth-order valence-electron chi connectivity index (χ4n) is 1.42. The predicted octanol–water partition coefficient (Wildman–Crippen LogP) is 1.05. The Morgan fingerprint density at radius 2 is 1.93 bits per heavy atom. The van der Waals surface area contributed by atoms with Gasteiger partial charge in [0.1, 0.15) is 11.6 Å². The molecule has 1 aliphatic rings. The van der Waals surface area contributed by atoms with E-state index >= 15 is 0 Å². The lowest BCUT2D eigenvalue weighted by Gasteiger charge is -2.13. The lowest BCUT2D eigenvalue weighted by Crippen LogP contribution is -2.24. The second-order valence-electron chi connectivity index (χ2n) is 3.37. The zero-order valence-corrected chi connectivity index (χ0v) is 8.71. The number of hydrogen-bond acceptors (Lipinski definition) is 2. The summed E-state index contributed by atoms with van der Waals surface area (Å²) in [5.74, 6) is 0.447. The minimum Gasteiger partial charge on any atom is -0.299 e. The topological polar surface area (TPSA) is 37.4 Å². The summed E-state index contributed by atoms with van der Waals surface area (Å²) in [5.41, 5.74) is 1.99. The van der Waals surface area contributed by atoms with Gasteiger partial charge in [-0.05, 0) is 19.1 Å². The second kappa shape index (κ2) is 3.53. The van der Waals surface area contributed by atoms with E-state index < -0.39 is 10.8 Å². The summed E-state index contributed by atoms with van der Waals surface area (Å²) in [7, 11) is -1.01. The smallest absolute Gasteiger partial charge is 0.240 e. The lowest BCUT2D eigenvalue weighted by molar-refractivity contribution is -0.115. The van der Waals surface area contributed by atoms with Crippen LogP contribution in [0.15, 0.2) is 24.3 Å². The zero-order valence-electron chi connectivity index (χ0n) is 7.90. The van der Waals surface area contributed by atoms with Gasteiger partial charge < -0.3 is 0 Å². The van der Waals surface area contributed by atoms with Crippen LogP contribution in [0.1, 0.15) is 5.56 Å². The van der Waals surface area contributed by atoms with Gasteiger partial charge in [-0.25, -0.2) is 0 Å². The van der Waals surface area contributed by atoms with Gasteiger partial charge in [0.25, 0.3) is 0 Å². The van der Waals surface area contributed by atoms with Gasteiger partial charge in [0.05, 0.1) is 10.8 Å². The molecule has 1 saturated heterocycles. The van der Waals surface area contributed by atoms with Crippen molar-refractivity contribution in [3.63, 3.8) is 0 Å². The van der Waals surface area contributed by atoms with E-state index in [-0.39, 0.29) is 11.7 Å². The molecule has 0 bridgehead atoms. The summed E-state index contributed by atoms with van der Waals surface area (Å²) in [5, 5.41) is 0. The van der Waals surface area contributed by atoms with E-state index in [1.807, 2.05) is 31.2 Å². The molecule has 1 aromatic rings. The van der Waals surface area contributed by atoms with Crippen molar-refractivity contribution in [2.45, 2.75) is 6.92 Å². The van der Waals surface area contributed by atoms with E-state index in [2.05, 4.69) is 0 Å². The molecule has 1 atom stereocenters. The van der Waals surface area contributed by atoms with Crippen LogP contribution in [0, 0.1) is 6.92 Å². The van der Waals surface area contributed by atoms with Crippen molar-refractivity contribution in [3.8, 4) is 0 Å². The van der Waals surface area contributed by atoms with Gasteiger partial charge in [-0.3, -0.25) is 13.9 Å². The third-order valence-electron chi connectivity index (χ3n) is 2.20. The molecule has 3 nitrogen and oxygen atoms in total. The molecule has 1 fully saturated rings. The molecule has 0 aromatic heterocycles. The molecular weight excluding hydrogens is 198 g/mol. The molecule has 0 radical (unpaired) electrons. The average Bonchev–Trinajstić information content (AvgIpc) is 2.47. The van der Waals surface area contributed by atoms with Crippen LogP contribution in [0.2, 0.25) is 0 Å². The number of rotatable bonds is 1. The molecular formula is C10H11NO2S. The van der Waals surface area contributed by atoms with E-state index in [9.17, 15) is 9.00 Å². The van der Waals surface area contributed by atoms with E-state index in [1.165, 1.54) is 0 Å². The Balaban J connectivity index is 2.27. The molecule has 0 N–H and O–H groups in total. The largest absolute Gasteiger partial charge is 0.299 e. The van der Waals surface area contributed by atoms with Gasteiger partial charge in [-0.2, -0.15) is 0 Å². The highest BCUT2D eigenvalue weighted by Crippen LogP contribution is 2.19. The summed E-state index contributed by atoms with van der Waals surface area (Å²) in [4.78, 5) is 13.0. The molecule has 74 valence electrons. The SMILES string of the molecule is Cc1ccc(N2C[S@](=O)CC2=O)cc1. The second-order valence-corrected chi connectivity index (χ2v) is 4.80. The van der Waals surface area contributed by atoms with Gasteiger partial charge in [-0.1, -0.05) is 17.7 Å². The number of aryl methyl sites for hydroxylation is 1. The first-order chi connectivity index (χ1) is 6.66. The van der Waals surface area contributed by atoms with Gasteiger partial charge >= 0.3 is 0 Å². The molecule has 1 aliphatic heterocycles. The normalized spacial score (nSPS) is 21.6. The quantitative estimate of drug-likeness (QED) is 0.693. The number of hydrogen-bond donors (Lipinski definition) is 0. The molecule has 0 unspecified atom stereocenters. The van der Waals surface area contributed by atoms with Gasteiger partial charge in [0.15, 0.2) is 0 Å². The van der Waals surface area contributed by atoms with Crippen LogP contribution in [0.3, 0.4) is 0 Å². The molecule has 0 saturated carbocycles. The highest BCUT2D eigenvalue weighted by Gasteiger charge is 2.27. The monoisotopic (exact) mass is 209 g/mol. The predicted molar refractivity (Wildman–Crippen MR) is 56.5 cm³/mol. The van der Waals surface area contributed by atoms with E-state index in [4.69, 9.17) is 0 Å². The minimum atomic E-state index is -1.01. The van der Waals surface area contributed by atoms with Gasteiger partial charge in [-0.15, -0.1) is 0 Å². The molecule has 0 aliphatic carbocycles. The number of amides is 1.